The van der Waals surface area contributed by atoms with Crippen LogP contribution in [0.4, 0.5) is 0 Å². The zero-order valence-corrected chi connectivity index (χ0v) is 24.4. The van der Waals surface area contributed by atoms with Gasteiger partial charge in [-0.15, -0.1) is 22.7 Å². The van der Waals surface area contributed by atoms with Gasteiger partial charge in [0.25, 0.3) is 0 Å². The van der Waals surface area contributed by atoms with Gasteiger partial charge in [-0.3, -0.25) is 0 Å². The van der Waals surface area contributed by atoms with Crippen molar-refractivity contribution < 1.29 is 4.42 Å². The molecule has 0 bridgehead atoms. The number of thiophene rings is 2. The molecule has 43 heavy (non-hydrogen) atoms. The minimum atomic E-state index is 0.929. The molecule has 1 aliphatic carbocycles. The summed E-state index contributed by atoms with van der Waals surface area (Å²) in [5.74, 6) is 0. The lowest BCUT2D eigenvalue weighted by atomic mass is 9.91. The number of benzene rings is 7. The van der Waals surface area contributed by atoms with Crippen LogP contribution in [0.5, 0.6) is 0 Å². The van der Waals surface area contributed by atoms with Gasteiger partial charge in [-0.1, -0.05) is 78.9 Å². The van der Waals surface area contributed by atoms with Crippen molar-refractivity contribution in [1.82, 2.24) is 0 Å². The molecule has 3 aromatic heterocycles. The Balaban J connectivity index is 1.27. The van der Waals surface area contributed by atoms with Crippen LogP contribution >= 0.6 is 22.7 Å². The molecular weight excluding hydrogens is 561 g/mol. The minimum Gasteiger partial charge on any atom is -0.456 e. The van der Waals surface area contributed by atoms with Crippen molar-refractivity contribution in [1.29, 1.82) is 0 Å². The summed E-state index contributed by atoms with van der Waals surface area (Å²) in [5, 5.41) is 10.7. The molecule has 0 unspecified atom stereocenters. The van der Waals surface area contributed by atoms with E-state index in [0.29, 0.717) is 0 Å². The van der Waals surface area contributed by atoms with Crippen molar-refractivity contribution >= 4 is 95.7 Å². The third-order valence-corrected chi connectivity index (χ3v) is 11.6. The predicted octanol–water partition coefficient (Wildman–Crippen LogP) is 12.8. The fourth-order valence-corrected chi connectivity index (χ4v) is 10.00. The Labute approximate surface area is 253 Å². The molecule has 0 atom stereocenters. The molecule has 1 nitrogen and oxygen atoms in total. The molecule has 0 fully saturated rings. The molecule has 3 heterocycles. The Morgan fingerprint density at radius 1 is 0.349 bits per heavy atom. The molecule has 7 aromatic carbocycles. The Morgan fingerprint density at radius 3 is 1.81 bits per heavy atom. The van der Waals surface area contributed by atoms with Crippen LogP contribution in [-0.2, 0) is 0 Å². The average molecular weight is 581 g/mol. The molecule has 0 amide bonds. The fraction of sp³-hybridized carbons (Fsp3) is 0. The monoisotopic (exact) mass is 580 g/mol. The van der Waals surface area contributed by atoms with Gasteiger partial charge in [-0.25, -0.2) is 0 Å². The lowest BCUT2D eigenvalue weighted by Crippen LogP contribution is -1.86. The van der Waals surface area contributed by atoms with E-state index in [-0.39, 0.29) is 0 Å². The minimum absolute atomic E-state index is 0.929. The molecule has 198 valence electrons. The van der Waals surface area contributed by atoms with Gasteiger partial charge in [0.05, 0.1) is 0 Å². The number of furan rings is 1. The van der Waals surface area contributed by atoms with Gasteiger partial charge < -0.3 is 4.42 Å². The molecule has 0 radical (unpaired) electrons. The van der Waals surface area contributed by atoms with E-state index in [2.05, 4.69) is 115 Å². The molecule has 10 aromatic rings. The van der Waals surface area contributed by atoms with Gasteiger partial charge in [0, 0.05) is 56.5 Å². The second kappa shape index (κ2) is 7.90. The summed E-state index contributed by atoms with van der Waals surface area (Å²) in [6.45, 7) is 0. The molecule has 11 rings (SSSR count). The van der Waals surface area contributed by atoms with Crippen molar-refractivity contribution in [3.63, 3.8) is 0 Å². The molecule has 0 aliphatic heterocycles. The first kappa shape index (κ1) is 22.6. The first-order valence-electron chi connectivity index (χ1n) is 14.6. The van der Waals surface area contributed by atoms with Crippen LogP contribution in [0, 0.1) is 0 Å². The number of rotatable bonds is 2. The van der Waals surface area contributed by atoms with Crippen LogP contribution in [0.25, 0.3) is 106 Å². The van der Waals surface area contributed by atoms with E-state index in [4.69, 9.17) is 4.42 Å². The van der Waals surface area contributed by atoms with Gasteiger partial charge in [0.15, 0.2) is 0 Å². The van der Waals surface area contributed by atoms with Crippen LogP contribution in [0.1, 0.15) is 0 Å². The maximum Gasteiger partial charge on any atom is 0.136 e. The van der Waals surface area contributed by atoms with Crippen LogP contribution in [-0.4, -0.2) is 0 Å². The average Bonchev–Trinajstić information content (AvgIpc) is 3.72. The predicted molar refractivity (Wildman–Crippen MR) is 187 cm³/mol. The lowest BCUT2D eigenvalue weighted by Gasteiger charge is -2.12. The molecule has 0 saturated carbocycles. The van der Waals surface area contributed by atoms with Crippen molar-refractivity contribution in [2.75, 3.05) is 0 Å². The van der Waals surface area contributed by atoms with E-state index in [1.54, 1.807) is 0 Å². The normalized spacial score (nSPS) is 12.7. The lowest BCUT2D eigenvalue weighted by molar-refractivity contribution is 0.669. The third kappa shape index (κ3) is 2.82. The Morgan fingerprint density at radius 2 is 0.977 bits per heavy atom. The summed E-state index contributed by atoms with van der Waals surface area (Å²) >= 11 is 3.84. The quantitative estimate of drug-likeness (QED) is 0.198. The number of fused-ring (bicyclic) bond motifs is 4. The van der Waals surface area contributed by atoms with Gasteiger partial charge in [0.2, 0.25) is 0 Å². The van der Waals surface area contributed by atoms with Crippen molar-refractivity contribution in [3.05, 3.63) is 121 Å². The first-order valence-corrected chi connectivity index (χ1v) is 16.2. The Hall–Kier alpha value is -4.96. The summed E-state index contributed by atoms with van der Waals surface area (Å²) in [5.41, 5.74) is 9.53. The van der Waals surface area contributed by atoms with E-state index < -0.39 is 0 Å². The number of hydrogen-bond donors (Lipinski definition) is 0. The maximum absolute atomic E-state index is 6.24. The van der Waals surface area contributed by atoms with Crippen LogP contribution in [0.3, 0.4) is 0 Å². The highest BCUT2D eigenvalue weighted by molar-refractivity contribution is 7.27. The number of hydrogen-bond acceptors (Lipinski definition) is 3. The second-order valence-corrected chi connectivity index (χ2v) is 13.7. The summed E-state index contributed by atoms with van der Waals surface area (Å²) in [7, 11) is 0. The van der Waals surface area contributed by atoms with E-state index in [1.165, 1.54) is 89.9 Å². The van der Waals surface area contributed by atoms with E-state index in [9.17, 15) is 0 Å². The smallest absolute Gasteiger partial charge is 0.136 e. The zero-order valence-electron chi connectivity index (χ0n) is 22.8. The van der Waals surface area contributed by atoms with Gasteiger partial charge >= 0.3 is 0 Å². The summed E-state index contributed by atoms with van der Waals surface area (Å²) < 4.78 is 11.7. The van der Waals surface area contributed by atoms with E-state index in [0.717, 1.165) is 16.6 Å². The van der Waals surface area contributed by atoms with Crippen LogP contribution in [0.2, 0.25) is 0 Å². The third-order valence-electron chi connectivity index (χ3n) is 9.40. The molecule has 3 heteroatoms. The summed E-state index contributed by atoms with van der Waals surface area (Å²) in [6.07, 6.45) is 0. The molecule has 1 aliphatic rings. The van der Waals surface area contributed by atoms with Gasteiger partial charge in [-0.2, -0.15) is 0 Å². The Kier molecular flexibility index (Phi) is 4.15. The highest BCUT2D eigenvalue weighted by Gasteiger charge is 2.24. The zero-order chi connectivity index (χ0) is 27.8. The molecule has 0 N–H and O–H groups in total. The summed E-state index contributed by atoms with van der Waals surface area (Å²) in [6, 6.07) is 44.7. The van der Waals surface area contributed by atoms with Crippen molar-refractivity contribution in [2.24, 2.45) is 0 Å². The van der Waals surface area contributed by atoms with Gasteiger partial charge in [-0.05, 0) is 81.2 Å². The van der Waals surface area contributed by atoms with E-state index in [1.807, 2.05) is 28.7 Å². The topological polar surface area (TPSA) is 13.1 Å². The largest absolute Gasteiger partial charge is 0.456 e. The summed E-state index contributed by atoms with van der Waals surface area (Å²) in [4.78, 5) is 0. The second-order valence-electron chi connectivity index (χ2n) is 11.6. The molecule has 0 saturated heterocycles. The van der Waals surface area contributed by atoms with E-state index >= 15 is 0 Å². The van der Waals surface area contributed by atoms with Crippen molar-refractivity contribution in [2.45, 2.75) is 0 Å². The maximum atomic E-state index is 6.24. The SMILES string of the molecule is c1cc(-c2cc3sc4cccc5c4c3c3c2ccc2sc4cccc-5c4c23)cc(-c2cccc3oc4ccccc4c23)c1. The first-order chi connectivity index (χ1) is 21.3. The highest BCUT2D eigenvalue weighted by Crippen LogP contribution is 2.54. The Bertz CT molecular complexity index is 2810. The highest BCUT2D eigenvalue weighted by atomic mass is 32.1. The van der Waals surface area contributed by atoms with Crippen molar-refractivity contribution in [3.8, 4) is 33.4 Å². The van der Waals surface area contributed by atoms with Gasteiger partial charge in [0.1, 0.15) is 11.2 Å². The fourth-order valence-electron chi connectivity index (χ4n) is 7.68. The molecular formula is C40H20OS2. The standard InChI is InChI=1S/C40H20OS2/c1-2-13-29-27(9-1)35-23(10-4-14-30(35)41-29)21-7-3-8-22(19-21)28-20-34-40-37-25(12-6-16-32(37)43-34)24-11-5-15-31-36(24)39-33(42-31)18-17-26(28)38(39)40/h1-20H. The van der Waals surface area contributed by atoms with Crippen LogP contribution in [0.15, 0.2) is 126 Å². The van der Waals surface area contributed by atoms with Crippen LogP contribution < -0.4 is 0 Å². The molecule has 0 spiro atoms. The number of para-hydroxylation sites is 1.